The summed E-state index contributed by atoms with van der Waals surface area (Å²) in [6.07, 6.45) is 1.33. The Morgan fingerprint density at radius 3 is 2.50 bits per heavy atom. The van der Waals surface area contributed by atoms with Crippen LogP contribution < -0.4 is 4.90 Å². The van der Waals surface area contributed by atoms with Gasteiger partial charge in [-0.25, -0.2) is 9.29 Å². The topological polar surface area (TPSA) is 46.6 Å². The molecule has 0 fully saturated rings. The van der Waals surface area contributed by atoms with Crippen LogP contribution in [0.3, 0.4) is 0 Å². The van der Waals surface area contributed by atoms with Crippen LogP contribution in [-0.4, -0.2) is 18.4 Å². The number of carbonyl (C=O) groups excluding carboxylic acids is 2. The Hall–Kier alpha value is -2.66. The van der Waals surface area contributed by atoms with Crippen molar-refractivity contribution in [3.63, 3.8) is 0 Å². The Kier molecular flexibility index (Phi) is 4.36. The molecule has 24 heavy (non-hydrogen) atoms. The number of ether oxygens (including phenoxy) is 1. The summed E-state index contributed by atoms with van der Waals surface area (Å²) in [7, 11) is 0. The number of carbonyl (C=O) groups is 2. The summed E-state index contributed by atoms with van der Waals surface area (Å²) < 4.78 is 18.5. The molecule has 0 unspecified atom stereocenters. The molecule has 0 spiro atoms. The fourth-order valence-electron chi connectivity index (χ4n) is 2.51. The maximum atomic E-state index is 13.3. The molecule has 0 aliphatic carbocycles. The summed E-state index contributed by atoms with van der Waals surface area (Å²) in [5, 5.41) is -0.0214. The van der Waals surface area contributed by atoms with Crippen molar-refractivity contribution < 1.29 is 18.7 Å². The van der Waals surface area contributed by atoms with Gasteiger partial charge in [-0.15, -0.1) is 0 Å². The average molecular weight is 346 g/mol. The van der Waals surface area contributed by atoms with Gasteiger partial charge in [0.25, 0.3) is 11.8 Å². The van der Waals surface area contributed by atoms with E-state index in [2.05, 4.69) is 0 Å². The molecule has 0 atom stereocenters. The van der Waals surface area contributed by atoms with Crippen molar-refractivity contribution >= 4 is 34.7 Å². The van der Waals surface area contributed by atoms with E-state index in [9.17, 15) is 14.0 Å². The Labute approximate surface area is 143 Å². The van der Waals surface area contributed by atoms with Crippen molar-refractivity contribution in [2.75, 3.05) is 11.5 Å². The normalized spacial score (nSPS) is 15.6. The van der Waals surface area contributed by atoms with Gasteiger partial charge in [-0.3, -0.25) is 9.59 Å². The minimum Gasteiger partial charge on any atom is -0.501 e. The molecule has 1 heterocycles. The van der Waals surface area contributed by atoms with Gasteiger partial charge in [-0.05, 0) is 31.2 Å². The van der Waals surface area contributed by atoms with E-state index in [4.69, 9.17) is 16.3 Å². The van der Waals surface area contributed by atoms with Crippen LogP contribution in [0.25, 0.3) is 5.57 Å². The Morgan fingerprint density at radius 1 is 1.12 bits per heavy atom. The van der Waals surface area contributed by atoms with Crippen molar-refractivity contribution in [2.45, 2.75) is 6.92 Å². The molecule has 4 nitrogen and oxygen atoms in total. The Morgan fingerprint density at radius 2 is 1.83 bits per heavy atom. The molecule has 2 amide bonds. The molecule has 0 saturated heterocycles. The van der Waals surface area contributed by atoms with Crippen molar-refractivity contribution in [1.29, 1.82) is 0 Å². The number of imide groups is 1. The number of rotatable bonds is 3. The second-order valence-electron chi connectivity index (χ2n) is 5.07. The largest absolute Gasteiger partial charge is 0.501 e. The molecule has 0 bridgehead atoms. The lowest BCUT2D eigenvalue weighted by atomic mass is 9.94. The third-order valence-corrected chi connectivity index (χ3v) is 3.91. The van der Waals surface area contributed by atoms with Gasteiger partial charge in [0.15, 0.2) is 0 Å². The highest BCUT2D eigenvalue weighted by Gasteiger charge is 2.37. The lowest BCUT2D eigenvalue weighted by Gasteiger charge is -2.29. The highest BCUT2D eigenvalue weighted by atomic mass is 35.5. The molecule has 0 radical (unpaired) electrons. The van der Waals surface area contributed by atoms with Crippen LogP contribution in [0.5, 0.6) is 0 Å². The number of nitrogens with zero attached hydrogens (tertiary/aromatic N) is 1. The first-order chi connectivity index (χ1) is 11.5. The van der Waals surface area contributed by atoms with Gasteiger partial charge in [-0.2, -0.15) is 0 Å². The monoisotopic (exact) mass is 345 g/mol. The Bertz CT molecular complexity index is 863. The summed E-state index contributed by atoms with van der Waals surface area (Å²) in [5.74, 6) is -1.63. The van der Waals surface area contributed by atoms with Crippen molar-refractivity contribution in [1.82, 2.24) is 0 Å². The smallest absolute Gasteiger partial charge is 0.269 e. The summed E-state index contributed by atoms with van der Waals surface area (Å²) >= 11 is 6.04. The van der Waals surface area contributed by atoms with Crippen molar-refractivity contribution in [2.24, 2.45) is 0 Å². The van der Waals surface area contributed by atoms with E-state index < -0.39 is 17.6 Å². The molecule has 1 aliphatic heterocycles. The summed E-state index contributed by atoms with van der Waals surface area (Å²) in [4.78, 5) is 26.6. The SMILES string of the molecule is CCO/C=C1/C(=O)N(c2ccc(F)cc2Cl)C(=O)c2ccccc21. The minimum atomic E-state index is -0.569. The maximum Gasteiger partial charge on any atom is 0.269 e. The molecular formula is C18H13ClFNO3. The average Bonchev–Trinajstić information content (AvgIpc) is 2.57. The third-order valence-electron chi connectivity index (χ3n) is 3.60. The number of hydrogen-bond acceptors (Lipinski definition) is 3. The first kappa shape index (κ1) is 16.2. The zero-order valence-electron chi connectivity index (χ0n) is 12.8. The van der Waals surface area contributed by atoms with E-state index in [-0.39, 0.29) is 16.3 Å². The predicted octanol–water partition coefficient (Wildman–Crippen LogP) is 4.04. The fourth-order valence-corrected chi connectivity index (χ4v) is 2.77. The van der Waals surface area contributed by atoms with Gasteiger partial charge >= 0.3 is 0 Å². The van der Waals surface area contributed by atoms with Crippen molar-refractivity contribution in [3.8, 4) is 0 Å². The van der Waals surface area contributed by atoms with Gasteiger partial charge in [0.2, 0.25) is 0 Å². The standard InChI is InChI=1S/C18H13ClFNO3/c1-2-24-10-14-12-5-3-4-6-13(12)17(22)21(18(14)23)16-8-7-11(20)9-15(16)19/h3-10H,2H2,1H3/b14-10+. The lowest BCUT2D eigenvalue weighted by molar-refractivity contribution is -0.113. The number of anilines is 1. The number of halogens is 2. The quantitative estimate of drug-likeness (QED) is 0.479. The number of hydrogen-bond donors (Lipinski definition) is 0. The third kappa shape index (κ3) is 2.67. The van der Waals surface area contributed by atoms with E-state index in [0.29, 0.717) is 17.7 Å². The van der Waals surface area contributed by atoms with E-state index >= 15 is 0 Å². The van der Waals surface area contributed by atoms with Gasteiger partial charge in [0, 0.05) is 11.1 Å². The second-order valence-corrected chi connectivity index (χ2v) is 5.48. The molecular weight excluding hydrogens is 333 g/mol. The van der Waals surface area contributed by atoms with Gasteiger partial charge < -0.3 is 4.74 Å². The van der Waals surface area contributed by atoms with Crippen LogP contribution in [0, 0.1) is 5.82 Å². The lowest BCUT2D eigenvalue weighted by Crippen LogP contribution is -2.42. The van der Waals surface area contributed by atoms with E-state index in [1.54, 1.807) is 31.2 Å². The fraction of sp³-hybridized carbons (Fsp3) is 0.111. The van der Waals surface area contributed by atoms with Crippen molar-refractivity contribution in [3.05, 3.63) is 70.7 Å². The second kappa shape index (κ2) is 6.45. The van der Waals surface area contributed by atoms with Crippen LogP contribution in [0.1, 0.15) is 22.8 Å². The molecule has 2 aromatic carbocycles. The zero-order chi connectivity index (χ0) is 17.3. The minimum absolute atomic E-state index is 0.0214. The first-order valence-corrected chi connectivity index (χ1v) is 7.67. The molecule has 2 aromatic rings. The molecule has 1 aliphatic rings. The van der Waals surface area contributed by atoms with E-state index in [1.165, 1.54) is 12.3 Å². The van der Waals surface area contributed by atoms with E-state index in [0.717, 1.165) is 17.0 Å². The highest BCUT2D eigenvalue weighted by Crippen LogP contribution is 2.35. The van der Waals surface area contributed by atoms with Gasteiger partial charge in [-0.1, -0.05) is 29.8 Å². The Balaban J connectivity index is 2.18. The van der Waals surface area contributed by atoms with E-state index in [1.807, 2.05) is 0 Å². The molecule has 0 aromatic heterocycles. The van der Waals surface area contributed by atoms with Crippen LogP contribution in [0.2, 0.25) is 5.02 Å². The number of benzene rings is 2. The van der Waals surface area contributed by atoms with Crippen LogP contribution in [0.4, 0.5) is 10.1 Å². The highest BCUT2D eigenvalue weighted by molar-refractivity contribution is 6.43. The van der Waals surface area contributed by atoms with Crippen LogP contribution in [0.15, 0.2) is 48.7 Å². The van der Waals surface area contributed by atoms with Crippen LogP contribution in [-0.2, 0) is 9.53 Å². The molecule has 0 N–H and O–H groups in total. The summed E-state index contributed by atoms with van der Waals surface area (Å²) in [6.45, 7) is 2.17. The maximum absolute atomic E-state index is 13.3. The molecule has 0 saturated carbocycles. The molecule has 122 valence electrons. The summed E-state index contributed by atoms with van der Waals surface area (Å²) in [6, 6.07) is 10.3. The van der Waals surface area contributed by atoms with Crippen LogP contribution >= 0.6 is 11.6 Å². The molecule has 3 rings (SSSR count). The summed E-state index contributed by atoms with van der Waals surface area (Å²) in [5.41, 5.74) is 1.22. The zero-order valence-corrected chi connectivity index (χ0v) is 13.5. The number of fused-ring (bicyclic) bond motifs is 1. The van der Waals surface area contributed by atoms with Gasteiger partial charge in [0.1, 0.15) is 5.82 Å². The number of amides is 2. The van der Waals surface area contributed by atoms with Gasteiger partial charge in [0.05, 0.1) is 29.2 Å². The molecule has 6 heteroatoms. The predicted molar refractivity (Wildman–Crippen MR) is 89.3 cm³/mol. The first-order valence-electron chi connectivity index (χ1n) is 7.29.